The zero-order valence-electron chi connectivity index (χ0n) is 18.4. The van der Waals surface area contributed by atoms with E-state index in [2.05, 4.69) is 0 Å². The average molecular weight is 497 g/mol. The SMILES string of the molecule is COc1ccc2c(c1)-c1c(ssc1=S)C(C)(C)N2C(=O)C(C)N1C(=O)c2ccccc2C1=O. The van der Waals surface area contributed by atoms with Crippen molar-refractivity contribution in [2.45, 2.75) is 32.4 Å². The normalized spacial score (nSPS) is 16.8. The lowest BCUT2D eigenvalue weighted by molar-refractivity contribution is -0.123. The lowest BCUT2D eigenvalue weighted by Gasteiger charge is -2.44. The number of amides is 3. The molecule has 3 aromatic rings. The Labute approximate surface area is 203 Å². The fourth-order valence-electron chi connectivity index (χ4n) is 4.59. The van der Waals surface area contributed by atoms with Crippen molar-refractivity contribution in [3.8, 4) is 16.9 Å². The van der Waals surface area contributed by atoms with Crippen molar-refractivity contribution in [1.82, 2.24) is 4.90 Å². The third kappa shape index (κ3) is 3.03. The molecule has 2 aromatic carbocycles. The molecular weight excluding hydrogens is 476 g/mol. The molecular formula is C24H20N2O4S3. The second kappa shape index (κ2) is 7.58. The summed E-state index contributed by atoms with van der Waals surface area (Å²) >= 11 is 5.63. The van der Waals surface area contributed by atoms with Crippen LogP contribution in [-0.4, -0.2) is 35.8 Å². The molecule has 0 aliphatic carbocycles. The van der Waals surface area contributed by atoms with Gasteiger partial charge in [0.15, 0.2) is 0 Å². The van der Waals surface area contributed by atoms with Gasteiger partial charge in [-0.15, -0.1) is 0 Å². The van der Waals surface area contributed by atoms with Crippen molar-refractivity contribution in [3.05, 3.63) is 62.3 Å². The van der Waals surface area contributed by atoms with Crippen LogP contribution in [0, 0.1) is 3.82 Å². The van der Waals surface area contributed by atoms with Crippen LogP contribution < -0.4 is 9.64 Å². The fraction of sp³-hybridized carbons (Fsp3) is 0.250. The standard InChI is InChI=1S/C24H20N2O4S3/c1-12(25-21(28)14-7-5-6-8-15(14)22(25)29)20(27)26-17-10-9-13(30-4)11-16(17)18-19(24(26,2)3)32-33-23(18)31/h5-12H,1-4H3. The molecule has 0 spiro atoms. The molecule has 0 saturated heterocycles. The van der Waals surface area contributed by atoms with Gasteiger partial charge in [0.2, 0.25) is 0 Å². The number of carbonyl (C=O) groups is 3. The fourth-order valence-corrected chi connectivity index (χ4v) is 7.87. The molecule has 33 heavy (non-hydrogen) atoms. The van der Waals surface area contributed by atoms with E-state index in [9.17, 15) is 14.4 Å². The minimum Gasteiger partial charge on any atom is -0.497 e. The van der Waals surface area contributed by atoms with Crippen LogP contribution in [0.15, 0.2) is 42.5 Å². The summed E-state index contributed by atoms with van der Waals surface area (Å²) in [7, 11) is 4.64. The molecule has 2 aliphatic rings. The summed E-state index contributed by atoms with van der Waals surface area (Å²) in [6, 6.07) is 11.2. The molecule has 9 heteroatoms. The first-order chi connectivity index (χ1) is 15.7. The Kier molecular flexibility index (Phi) is 5.04. The van der Waals surface area contributed by atoms with E-state index in [0.717, 1.165) is 24.7 Å². The third-order valence-corrected chi connectivity index (χ3v) is 9.58. The average Bonchev–Trinajstić information content (AvgIpc) is 3.31. The number of nitrogens with zero attached hydrogens (tertiary/aromatic N) is 2. The van der Waals surface area contributed by atoms with Gasteiger partial charge in [0, 0.05) is 11.1 Å². The maximum absolute atomic E-state index is 14.0. The lowest BCUT2D eigenvalue weighted by Crippen LogP contribution is -2.56. The van der Waals surface area contributed by atoms with Gasteiger partial charge in [0.05, 0.1) is 34.3 Å². The first kappa shape index (κ1) is 21.9. The van der Waals surface area contributed by atoms with Crippen molar-refractivity contribution < 1.29 is 19.1 Å². The third-order valence-electron chi connectivity index (χ3n) is 6.25. The second-order valence-corrected chi connectivity index (χ2v) is 11.3. The number of carbonyl (C=O) groups excluding carboxylic acids is 3. The molecule has 0 bridgehead atoms. The van der Waals surface area contributed by atoms with E-state index in [1.165, 1.54) is 10.3 Å². The van der Waals surface area contributed by atoms with E-state index in [-0.39, 0.29) is 5.91 Å². The van der Waals surface area contributed by atoms with Gasteiger partial charge in [-0.25, -0.2) is 0 Å². The molecule has 0 saturated carbocycles. The molecule has 1 unspecified atom stereocenters. The van der Waals surface area contributed by atoms with Crippen LogP contribution >= 0.6 is 32.9 Å². The van der Waals surface area contributed by atoms with Crippen LogP contribution in [0.3, 0.4) is 0 Å². The molecule has 1 aromatic heterocycles. The van der Waals surface area contributed by atoms with E-state index in [4.69, 9.17) is 17.0 Å². The molecule has 0 radical (unpaired) electrons. The van der Waals surface area contributed by atoms with Crippen molar-refractivity contribution in [1.29, 1.82) is 0 Å². The summed E-state index contributed by atoms with van der Waals surface area (Å²) in [5, 5.41) is 0. The highest BCUT2D eigenvalue weighted by atomic mass is 32.9. The van der Waals surface area contributed by atoms with Crippen LogP contribution in [0.25, 0.3) is 11.1 Å². The van der Waals surface area contributed by atoms with Crippen molar-refractivity contribution in [2.24, 2.45) is 0 Å². The summed E-state index contributed by atoms with van der Waals surface area (Å²) in [5.74, 6) is -0.581. The van der Waals surface area contributed by atoms with Crippen molar-refractivity contribution >= 4 is 56.3 Å². The van der Waals surface area contributed by atoms with Crippen LogP contribution in [-0.2, 0) is 10.3 Å². The van der Waals surface area contributed by atoms with Gasteiger partial charge in [0.1, 0.15) is 15.6 Å². The lowest BCUT2D eigenvalue weighted by atomic mass is 9.86. The molecule has 3 amide bonds. The summed E-state index contributed by atoms with van der Waals surface area (Å²) < 4.78 is 6.19. The van der Waals surface area contributed by atoms with Gasteiger partial charge in [-0.05, 0) is 51.1 Å². The van der Waals surface area contributed by atoms with Crippen LogP contribution in [0.2, 0.25) is 0 Å². The molecule has 0 fully saturated rings. The van der Waals surface area contributed by atoms with Gasteiger partial charge in [-0.2, -0.15) is 0 Å². The van der Waals surface area contributed by atoms with Gasteiger partial charge in [-0.1, -0.05) is 45.0 Å². The molecule has 2 aliphatic heterocycles. The number of hydrogen-bond donors (Lipinski definition) is 0. The Morgan fingerprint density at radius 3 is 2.27 bits per heavy atom. The molecule has 3 heterocycles. The summed E-state index contributed by atoms with van der Waals surface area (Å²) in [4.78, 5) is 43.8. The smallest absolute Gasteiger partial charge is 0.262 e. The Bertz CT molecular complexity index is 1370. The summed E-state index contributed by atoms with van der Waals surface area (Å²) in [6.45, 7) is 5.53. The number of ether oxygens (including phenoxy) is 1. The van der Waals surface area contributed by atoms with Crippen LogP contribution in [0.4, 0.5) is 5.69 Å². The Morgan fingerprint density at radius 2 is 1.67 bits per heavy atom. The van der Waals surface area contributed by atoms with E-state index >= 15 is 0 Å². The van der Waals surface area contributed by atoms with E-state index < -0.39 is 23.4 Å². The second-order valence-electron chi connectivity index (χ2n) is 8.48. The maximum Gasteiger partial charge on any atom is 0.262 e. The zero-order valence-corrected chi connectivity index (χ0v) is 20.8. The maximum atomic E-state index is 14.0. The summed E-state index contributed by atoms with van der Waals surface area (Å²) in [5.41, 5.74) is 2.36. The number of fused-ring (bicyclic) bond motifs is 4. The van der Waals surface area contributed by atoms with Gasteiger partial charge in [-0.3, -0.25) is 24.2 Å². The predicted octanol–water partition coefficient (Wildman–Crippen LogP) is 5.48. The van der Waals surface area contributed by atoms with E-state index in [0.29, 0.717) is 22.6 Å². The number of imide groups is 1. The predicted molar refractivity (Wildman–Crippen MR) is 132 cm³/mol. The first-order valence-corrected chi connectivity index (χ1v) is 12.9. The van der Waals surface area contributed by atoms with E-state index in [1.54, 1.807) is 59.6 Å². The highest BCUT2D eigenvalue weighted by Crippen LogP contribution is 2.53. The van der Waals surface area contributed by atoms with E-state index in [1.807, 2.05) is 26.0 Å². The minimum absolute atomic E-state index is 0.322. The van der Waals surface area contributed by atoms with Crippen LogP contribution in [0.1, 0.15) is 46.4 Å². The quantitative estimate of drug-likeness (QED) is 0.273. The van der Waals surface area contributed by atoms with Crippen molar-refractivity contribution in [2.75, 3.05) is 12.0 Å². The molecule has 5 rings (SSSR count). The highest BCUT2D eigenvalue weighted by molar-refractivity contribution is 7.80. The number of anilines is 1. The Morgan fingerprint density at radius 1 is 1.03 bits per heavy atom. The minimum atomic E-state index is -0.986. The first-order valence-electron chi connectivity index (χ1n) is 10.3. The number of methoxy groups -OCH3 is 1. The number of hydrogen-bond acceptors (Lipinski definition) is 7. The molecule has 0 N–H and O–H groups in total. The number of benzene rings is 2. The zero-order chi connectivity index (χ0) is 23.7. The summed E-state index contributed by atoms with van der Waals surface area (Å²) in [6.07, 6.45) is 0. The largest absolute Gasteiger partial charge is 0.497 e. The molecule has 1 atom stereocenters. The van der Waals surface area contributed by atoms with Gasteiger partial charge in [0.25, 0.3) is 17.7 Å². The monoisotopic (exact) mass is 496 g/mol. The molecule has 168 valence electrons. The topological polar surface area (TPSA) is 66.9 Å². The Hall–Kier alpha value is -2.88. The molecule has 6 nitrogen and oxygen atoms in total. The Balaban J connectivity index is 1.62. The number of rotatable bonds is 3. The van der Waals surface area contributed by atoms with Gasteiger partial charge >= 0.3 is 0 Å². The highest BCUT2D eigenvalue weighted by Gasteiger charge is 2.48. The van der Waals surface area contributed by atoms with Crippen molar-refractivity contribution in [3.63, 3.8) is 0 Å². The van der Waals surface area contributed by atoms with Crippen LogP contribution in [0.5, 0.6) is 5.75 Å². The van der Waals surface area contributed by atoms with Gasteiger partial charge < -0.3 is 4.74 Å².